The molecule has 6 heteroatoms. The number of aromatic amines is 1. The minimum atomic E-state index is 0.478. The second-order valence-corrected chi connectivity index (χ2v) is 5.55. The van der Waals surface area contributed by atoms with Gasteiger partial charge in [-0.3, -0.25) is 5.10 Å². The van der Waals surface area contributed by atoms with Gasteiger partial charge in [-0.25, -0.2) is 0 Å². The number of nitrogens with zero attached hydrogens (tertiary/aromatic N) is 3. The van der Waals surface area contributed by atoms with Crippen LogP contribution >= 0.6 is 12.2 Å². The molecule has 0 fully saturated rings. The molecule has 0 aliphatic rings. The lowest BCUT2D eigenvalue weighted by molar-refractivity contribution is 0.306. The van der Waals surface area contributed by atoms with Gasteiger partial charge in [-0.2, -0.15) is 14.9 Å². The molecule has 3 aromatic rings. The highest BCUT2D eigenvalue weighted by atomic mass is 32.1. The Bertz CT molecular complexity index is 883. The van der Waals surface area contributed by atoms with Crippen molar-refractivity contribution in [2.24, 2.45) is 5.10 Å². The molecule has 0 aliphatic heterocycles. The zero-order valence-corrected chi connectivity index (χ0v) is 14.2. The van der Waals surface area contributed by atoms with Crippen molar-refractivity contribution in [1.29, 1.82) is 0 Å². The van der Waals surface area contributed by atoms with E-state index in [0.29, 0.717) is 11.4 Å². The normalized spacial score (nSPS) is 11.0. The van der Waals surface area contributed by atoms with Crippen LogP contribution < -0.4 is 4.74 Å². The third-order valence-corrected chi connectivity index (χ3v) is 3.77. The Kier molecular flexibility index (Phi) is 5.18. The second-order valence-electron chi connectivity index (χ2n) is 5.17. The fourth-order valence-corrected chi connectivity index (χ4v) is 2.44. The molecule has 1 heterocycles. The number of aryl methyl sites for hydroxylation is 1. The number of ether oxygens (including phenoxy) is 1. The van der Waals surface area contributed by atoms with Crippen LogP contribution in [-0.2, 0) is 13.0 Å². The molecule has 0 aliphatic carbocycles. The van der Waals surface area contributed by atoms with E-state index in [4.69, 9.17) is 17.0 Å². The van der Waals surface area contributed by atoms with E-state index in [-0.39, 0.29) is 0 Å². The lowest BCUT2D eigenvalue weighted by Gasteiger charge is -2.09. The predicted octanol–water partition coefficient (Wildman–Crippen LogP) is 3.96. The number of aromatic nitrogens is 3. The average molecular weight is 338 g/mol. The van der Waals surface area contributed by atoms with Gasteiger partial charge in [0.2, 0.25) is 4.77 Å². The van der Waals surface area contributed by atoms with Gasteiger partial charge < -0.3 is 4.74 Å². The Morgan fingerprint density at radius 1 is 1.17 bits per heavy atom. The first-order valence-electron chi connectivity index (χ1n) is 7.74. The van der Waals surface area contributed by atoms with Crippen molar-refractivity contribution in [3.8, 4) is 5.75 Å². The summed E-state index contributed by atoms with van der Waals surface area (Å²) in [6.07, 6.45) is 2.49. The maximum absolute atomic E-state index is 5.93. The minimum absolute atomic E-state index is 0.478. The fraction of sp³-hybridized carbons (Fsp3) is 0.167. The molecule has 0 radical (unpaired) electrons. The molecule has 0 spiro atoms. The topological polar surface area (TPSA) is 55.2 Å². The number of nitrogens with one attached hydrogen (secondary N) is 1. The lowest BCUT2D eigenvalue weighted by atomic mass is 10.2. The van der Waals surface area contributed by atoms with E-state index in [9.17, 15) is 0 Å². The van der Waals surface area contributed by atoms with E-state index in [1.54, 1.807) is 10.9 Å². The number of H-pyrrole nitrogens is 1. The summed E-state index contributed by atoms with van der Waals surface area (Å²) in [7, 11) is 0. The van der Waals surface area contributed by atoms with Crippen LogP contribution in [-0.4, -0.2) is 21.1 Å². The lowest BCUT2D eigenvalue weighted by Crippen LogP contribution is -2.00. The first-order valence-corrected chi connectivity index (χ1v) is 8.15. The molecular weight excluding hydrogens is 320 g/mol. The van der Waals surface area contributed by atoms with Crippen LogP contribution in [0.15, 0.2) is 59.7 Å². The Balaban J connectivity index is 1.80. The zero-order valence-electron chi connectivity index (χ0n) is 13.3. The van der Waals surface area contributed by atoms with E-state index >= 15 is 0 Å². The first-order chi connectivity index (χ1) is 11.8. The van der Waals surface area contributed by atoms with Crippen molar-refractivity contribution in [1.82, 2.24) is 14.9 Å². The summed E-state index contributed by atoms with van der Waals surface area (Å²) in [6.45, 7) is 2.52. The number of para-hydroxylation sites is 1. The number of hydrogen-bond donors (Lipinski definition) is 1. The van der Waals surface area contributed by atoms with Crippen molar-refractivity contribution in [3.05, 3.63) is 76.3 Å². The molecule has 122 valence electrons. The van der Waals surface area contributed by atoms with Crippen molar-refractivity contribution in [2.75, 3.05) is 0 Å². The smallest absolute Gasteiger partial charge is 0.216 e. The molecule has 0 saturated carbocycles. The summed E-state index contributed by atoms with van der Waals surface area (Å²) in [5.41, 5.74) is 2.01. The number of rotatable bonds is 6. The Morgan fingerprint density at radius 2 is 1.92 bits per heavy atom. The molecule has 1 aromatic heterocycles. The average Bonchev–Trinajstić information content (AvgIpc) is 2.99. The highest BCUT2D eigenvalue weighted by molar-refractivity contribution is 7.71. The summed E-state index contributed by atoms with van der Waals surface area (Å²) in [5, 5.41) is 11.3. The Labute approximate surface area is 145 Å². The van der Waals surface area contributed by atoms with Crippen LogP contribution in [0.4, 0.5) is 0 Å². The molecule has 0 unspecified atom stereocenters. The van der Waals surface area contributed by atoms with Gasteiger partial charge in [-0.1, -0.05) is 49.4 Å². The largest absolute Gasteiger partial charge is 0.488 e. The molecular formula is C18H18N4OS. The zero-order chi connectivity index (χ0) is 16.8. The highest BCUT2D eigenvalue weighted by Gasteiger charge is 2.04. The first kappa shape index (κ1) is 16.1. The van der Waals surface area contributed by atoms with Crippen LogP contribution in [0.2, 0.25) is 0 Å². The third kappa shape index (κ3) is 3.78. The van der Waals surface area contributed by atoms with Gasteiger partial charge in [-0.05, 0) is 29.9 Å². The summed E-state index contributed by atoms with van der Waals surface area (Å²) in [5.74, 6) is 1.57. The van der Waals surface area contributed by atoms with Crippen molar-refractivity contribution in [3.63, 3.8) is 0 Å². The van der Waals surface area contributed by atoms with E-state index in [1.165, 1.54) is 0 Å². The second kappa shape index (κ2) is 7.70. The van der Waals surface area contributed by atoms with Crippen molar-refractivity contribution in [2.45, 2.75) is 20.0 Å². The van der Waals surface area contributed by atoms with Crippen LogP contribution in [0.3, 0.4) is 0 Å². The Morgan fingerprint density at radius 3 is 2.71 bits per heavy atom. The summed E-state index contributed by atoms with van der Waals surface area (Å²) < 4.78 is 8.04. The van der Waals surface area contributed by atoms with E-state index in [2.05, 4.69) is 15.3 Å². The molecule has 1 N–H and O–H groups in total. The maximum atomic E-state index is 5.93. The van der Waals surface area contributed by atoms with E-state index < -0.39 is 0 Å². The van der Waals surface area contributed by atoms with Gasteiger partial charge in [0.05, 0.1) is 6.21 Å². The monoisotopic (exact) mass is 338 g/mol. The van der Waals surface area contributed by atoms with Gasteiger partial charge in [-0.15, -0.1) is 0 Å². The summed E-state index contributed by atoms with van der Waals surface area (Å²) in [6, 6.07) is 17.8. The molecule has 0 atom stereocenters. The van der Waals surface area contributed by atoms with Crippen LogP contribution in [0.5, 0.6) is 5.75 Å². The third-order valence-electron chi connectivity index (χ3n) is 3.50. The minimum Gasteiger partial charge on any atom is -0.488 e. The molecule has 0 saturated heterocycles. The van der Waals surface area contributed by atoms with Crippen LogP contribution in [0.25, 0.3) is 0 Å². The van der Waals surface area contributed by atoms with E-state index in [0.717, 1.165) is 29.1 Å². The summed E-state index contributed by atoms with van der Waals surface area (Å²) in [4.78, 5) is 0. The van der Waals surface area contributed by atoms with Gasteiger partial charge in [0.15, 0.2) is 5.82 Å². The quantitative estimate of drug-likeness (QED) is 0.547. The molecule has 3 rings (SSSR count). The van der Waals surface area contributed by atoms with Crippen molar-refractivity contribution >= 4 is 18.4 Å². The van der Waals surface area contributed by atoms with Gasteiger partial charge in [0.25, 0.3) is 0 Å². The van der Waals surface area contributed by atoms with Gasteiger partial charge >= 0.3 is 0 Å². The number of hydrogen-bond acceptors (Lipinski definition) is 4. The number of benzene rings is 2. The molecule has 0 bridgehead atoms. The highest BCUT2D eigenvalue weighted by Crippen LogP contribution is 2.18. The maximum Gasteiger partial charge on any atom is 0.216 e. The van der Waals surface area contributed by atoms with Crippen LogP contribution in [0.1, 0.15) is 23.9 Å². The SMILES string of the molecule is CCc1n[nH]c(=S)n1/N=C\c1ccccc1OCc1ccccc1. The summed E-state index contributed by atoms with van der Waals surface area (Å²) >= 11 is 5.20. The molecule has 2 aromatic carbocycles. The van der Waals surface area contributed by atoms with Gasteiger partial charge in [0, 0.05) is 12.0 Å². The molecule has 0 amide bonds. The Hall–Kier alpha value is -2.73. The standard InChI is InChI=1S/C18H18N4OS/c1-2-17-20-21-18(24)22(17)19-12-15-10-6-7-11-16(15)23-13-14-8-4-3-5-9-14/h3-12H,2,13H2,1H3,(H,21,24)/b19-12-. The van der Waals surface area contributed by atoms with Gasteiger partial charge in [0.1, 0.15) is 12.4 Å². The van der Waals surface area contributed by atoms with Crippen molar-refractivity contribution < 1.29 is 4.74 Å². The van der Waals surface area contributed by atoms with Crippen LogP contribution in [0, 0.1) is 4.77 Å². The molecule has 24 heavy (non-hydrogen) atoms. The predicted molar refractivity (Wildman–Crippen MR) is 97.0 cm³/mol. The van der Waals surface area contributed by atoms with E-state index in [1.807, 2.05) is 61.5 Å². The molecule has 5 nitrogen and oxygen atoms in total. The fourth-order valence-electron chi connectivity index (χ4n) is 2.25.